The number of carbonyl (C=O) groups excluding carboxylic acids is 1. The number of nitrogens with zero attached hydrogens (tertiary/aromatic N) is 2. The number of nitrogens with one attached hydrogen (secondary N) is 1. The first-order chi connectivity index (χ1) is 9.12. The number of likely N-dealkylation sites (N-methyl/N-ethyl adjacent to an activating group) is 1. The van der Waals surface area contributed by atoms with E-state index in [4.69, 9.17) is 0 Å². The predicted octanol–water partition coefficient (Wildman–Crippen LogP) is 1.47. The van der Waals surface area contributed by atoms with E-state index in [1.54, 1.807) is 0 Å². The van der Waals surface area contributed by atoms with Gasteiger partial charge in [0.25, 0.3) is 0 Å². The van der Waals surface area contributed by atoms with Gasteiger partial charge in [0.15, 0.2) is 0 Å². The van der Waals surface area contributed by atoms with Crippen LogP contribution < -0.4 is 15.1 Å². The van der Waals surface area contributed by atoms with Gasteiger partial charge in [-0.1, -0.05) is 12.1 Å². The van der Waals surface area contributed by atoms with E-state index in [1.807, 2.05) is 17.0 Å². The second-order valence-electron chi connectivity index (χ2n) is 5.85. The molecule has 0 spiro atoms. The molecular formula is C15H21N3O. The normalized spacial score (nSPS) is 26.4. The van der Waals surface area contributed by atoms with Crippen molar-refractivity contribution in [3.8, 4) is 0 Å². The molecule has 1 amide bonds. The van der Waals surface area contributed by atoms with Crippen molar-refractivity contribution in [3.63, 3.8) is 0 Å². The third-order valence-corrected chi connectivity index (χ3v) is 4.37. The first-order valence-electron chi connectivity index (χ1n) is 6.95. The third kappa shape index (κ3) is 2.00. The molecule has 0 aliphatic carbocycles. The second kappa shape index (κ2) is 4.53. The molecule has 19 heavy (non-hydrogen) atoms. The zero-order valence-electron chi connectivity index (χ0n) is 11.6. The topological polar surface area (TPSA) is 35.6 Å². The van der Waals surface area contributed by atoms with E-state index >= 15 is 0 Å². The zero-order chi connectivity index (χ0) is 13.5. The molecule has 1 N–H and O–H groups in total. The van der Waals surface area contributed by atoms with Gasteiger partial charge in [0.05, 0.1) is 16.8 Å². The summed E-state index contributed by atoms with van der Waals surface area (Å²) in [5.41, 5.74) is 1.95. The number of hydrogen-bond donors (Lipinski definition) is 1. The van der Waals surface area contributed by atoms with Crippen LogP contribution in [0.25, 0.3) is 0 Å². The maximum atomic E-state index is 12.9. The molecule has 2 aliphatic rings. The minimum absolute atomic E-state index is 0.247. The van der Waals surface area contributed by atoms with Gasteiger partial charge in [0, 0.05) is 26.7 Å². The van der Waals surface area contributed by atoms with Gasteiger partial charge in [0.2, 0.25) is 5.91 Å². The Morgan fingerprint density at radius 3 is 2.68 bits per heavy atom. The van der Waals surface area contributed by atoms with Crippen molar-refractivity contribution in [3.05, 3.63) is 24.3 Å². The number of rotatable bonds is 1. The van der Waals surface area contributed by atoms with Gasteiger partial charge in [-0.25, -0.2) is 0 Å². The van der Waals surface area contributed by atoms with Gasteiger partial charge in [-0.15, -0.1) is 0 Å². The summed E-state index contributed by atoms with van der Waals surface area (Å²) in [6.45, 7) is 5.49. The predicted molar refractivity (Wildman–Crippen MR) is 77.7 cm³/mol. The Bertz CT molecular complexity index is 494. The monoisotopic (exact) mass is 259 g/mol. The average Bonchev–Trinajstić information content (AvgIpc) is 2.87. The van der Waals surface area contributed by atoms with E-state index in [1.165, 1.54) is 0 Å². The van der Waals surface area contributed by atoms with Crippen LogP contribution in [0.5, 0.6) is 0 Å². The van der Waals surface area contributed by atoms with Crippen LogP contribution in [-0.2, 0) is 4.79 Å². The Morgan fingerprint density at radius 2 is 2.00 bits per heavy atom. The fraction of sp³-hybridized carbons (Fsp3) is 0.533. The Balaban J connectivity index is 1.94. The molecule has 4 heteroatoms. The largest absolute Gasteiger partial charge is 0.371 e. The highest BCUT2D eigenvalue weighted by Gasteiger charge is 2.41. The third-order valence-electron chi connectivity index (χ3n) is 4.37. The molecule has 1 aromatic rings. The minimum Gasteiger partial charge on any atom is -0.371 e. The molecule has 1 fully saturated rings. The lowest BCUT2D eigenvalue weighted by molar-refractivity contribution is -0.126. The SMILES string of the molecule is CN1CCN(C(=O)C2(C)CCNC2)c2ccccc21. The number of amides is 1. The average molecular weight is 259 g/mol. The lowest BCUT2D eigenvalue weighted by Gasteiger charge is -2.39. The maximum Gasteiger partial charge on any atom is 0.234 e. The zero-order valence-corrected chi connectivity index (χ0v) is 11.6. The summed E-state index contributed by atoms with van der Waals surface area (Å²) in [5, 5.41) is 3.31. The smallest absolute Gasteiger partial charge is 0.234 e. The molecular weight excluding hydrogens is 238 g/mol. The number of para-hydroxylation sites is 2. The first kappa shape index (κ1) is 12.5. The summed E-state index contributed by atoms with van der Waals surface area (Å²) in [6, 6.07) is 8.17. The fourth-order valence-electron chi connectivity index (χ4n) is 3.04. The number of carbonyl (C=O) groups is 1. The van der Waals surface area contributed by atoms with Crippen LogP contribution in [0.15, 0.2) is 24.3 Å². The van der Waals surface area contributed by atoms with Crippen LogP contribution in [0.4, 0.5) is 11.4 Å². The molecule has 102 valence electrons. The molecule has 4 nitrogen and oxygen atoms in total. The Hall–Kier alpha value is -1.55. The molecule has 0 saturated carbocycles. The lowest BCUT2D eigenvalue weighted by atomic mass is 9.87. The molecule has 2 aliphatic heterocycles. The molecule has 2 heterocycles. The van der Waals surface area contributed by atoms with Crippen LogP contribution in [-0.4, -0.2) is 39.1 Å². The van der Waals surface area contributed by atoms with Crippen molar-refractivity contribution in [2.45, 2.75) is 13.3 Å². The molecule has 1 unspecified atom stereocenters. The summed E-state index contributed by atoms with van der Waals surface area (Å²) in [7, 11) is 2.08. The highest BCUT2D eigenvalue weighted by atomic mass is 16.2. The van der Waals surface area contributed by atoms with Crippen LogP contribution in [0.1, 0.15) is 13.3 Å². The number of anilines is 2. The number of fused-ring (bicyclic) bond motifs is 1. The van der Waals surface area contributed by atoms with Gasteiger partial charge in [0.1, 0.15) is 0 Å². The molecule has 3 rings (SSSR count). The second-order valence-corrected chi connectivity index (χ2v) is 5.85. The van der Waals surface area contributed by atoms with E-state index in [9.17, 15) is 4.79 Å². The van der Waals surface area contributed by atoms with Crippen molar-refractivity contribution in [1.82, 2.24) is 5.32 Å². The molecule has 1 aromatic carbocycles. The first-order valence-corrected chi connectivity index (χ1v) is 6.95. The van der Waals surface area contributed by atoms with E-state index in [0.717, 1.165) is 44.0 Å². The highest BCUT2D eigenvalue weighted by molar-refractivity contribution is 6.01. The Morgan fingerprint density at radius 1 is 1.26 bits per heavy atom. The van der Waals surface area contributed by atoms with Crippen molar-refractivity contribution in [2.24, 2.45) is 5.41 Å². The molecule has 0 aromatic heterocycles. The van der Waals surface area contributed by atoms with E-state index in [0.29, 0.717) is 0 Å². The van der Waals surface area contributed by atoms with Crippen LogP contribution in [0.3, 0.4) is 0 Å². The summed E-state index contributed by atoms with van der Waals surface area (Å²) >= 11 is 0. The van der Waals surface area contributed by atoms with Crippen molar-refractivity contribution in [2.75, 3.05) is 43.0 Å². The highest BCUT2D eigenvalue weighted by Crippen LogP contribution is 2.36. The van der Waals surface area contributed by atoms with Gasteiger partial charge < -0.3 is 15.1 Å². The molecule has 0 bridgehead atoms. The summed E-state index contributed by atoms with van der Waals surface area (Å²) < 4.78 is 0. The maximum absolute atomic E-state index is 12.9. The van der Waals surface area contributed by atoms with Crippen LogP contribution >= 0.6 is 0 Å². The Kier molecular flexibility index (Phi) is 2.97. The van der Waals surface area contributed by atoms with Gasteiger partial charge >= 0.3 is 0 Å². The molecule has 1 saturated heterocycles. The summed E-state index contributed by atoms with van der Waals surface area (Å²) in [4.78, 5) is 17.1. The van der Waals surface area contributed by atoms with Crippen molar-refractivity contribution in [1.29, 1.82) is 0 Å². The van der Waals surface area contributed by atoms with Gasteiger partial charge in [-0.2, -0.15) is 0 Å². The van der Waals surface area contributed by atoms with Crippen LogP contribution in [0, 0.1) is 5.41 Å². The van der Waals surface area contributed by atoms with E-state index in [2.05, 4.69) is 36.3 Å². The van der Waals surface area contributed by atoms with Gasteiger partial charge in [-0.05, 0) is 32.0 Å². The minimum atomic E-state index is -0.247. The van der Waals surface area contributed by atoms with Gasteiger partial charge in [-0.3, -0.25) is 4.79 Å². The lowest BCUT2D eigenvalue weighted by Crippen LogP contribution is -2.49. The van der Waals surface area contributed by atoms with E-state index in [-0.39, 0.29) is 11.3 Å². The summed E-state index contributed by atoms with van der Waals surface area (Å²) in [6.07, 6.45) is 0.931. The number of benzene rings is 1. The van der Waals surface area contributed by atoms with E-state index < -0.39 is 0 Å². The Labute approximate surface area is 114 Å². The van der Waals surface area contributed by atoms with Crippen LogP contribution in [0.2, 0.25) is 0 Å². The fourth-order valence-corrected chi connectivity index (χ4v) is 3.04. The standard InChI is InChI=1S/C15H21N3O/c1-15(7-8-16-11-15)14(19)18-10-9-17(2)12-5-3-4-6-13(12)18/h3-6,16H,7-11H2,1-2H3. The molecule has 1 atom stereocenters. The quantitative estimate of drug-likeness (QED) is 0.829. The number of hydrogen-bond acceptors (Lipinski definition) is 3. The molecule has 0 radical (unpaired) electrons. The van der Waals surface area contributed by atoms with Crippen molar-refractivity contribution >= 4 is 17.3 Å². The summed E-state index contributed by atoms with van der Waals surface area (Å²) in [5.74, 6) is 0.262. The van der Waals surface area contributed by atoms with Crippen molar-refractivity contribution < 1.29 is 4.79 Å².